The van der Waals surface area contributed by atoms with Crippen molar-refractivity contribution in [2.75, 3.05) is 57.3 Å². The first kappa shape index (κ1) is 23.1. The molecular weight excluding hydrogens is 453 g/mol. The molecule has 0 saturated carbocycles. The van der Waals surface area contributed by atoms with Gasteiger partial charge in [0.1, 0.15) is 6.79 Å². The minimum atomic E-state index is -0.722. The third-order valence-corrected chi connectivity index (χ3v) is 6.11. The highest BCUT2D eigenvalue weighted by atomic mass is 19.1. The number of fused-ring (bicyclic) bond motifs is 3. The van der Waals surface area contributed by atoms with E-state index >= 15 is 0 Å². The second kappa shape index (κ2) is 9.94. The molecule has 3 aromatic heterocycles. The molecule has 0 aliphatic carbocycles. The number of hydrogen-bond donors (Lipinski definition) is 1. The van der Waals surface area contributed by atoms with Gasteiger partial charge in [-0.2, -0.15) is 14.6 Å². The van der Waals surface area contributed by atoms with Crippen LogP contribution in [0.2, 0.25) is 0 Å². The van der Waals surface area contributed by atoms with Crippen molar-refractivity contribution < 1.29 is 13.9 Å². The normalized spacial score (nSPS) is 14.9. The number of hydrogen-bond acceptors (Lipinski definition) is 9. The van der Waals surface area contributed by atoms with Crippen molar-refractivity contribution >= 4 is 34.1 Å². The molecule has 184 valence electrons. The quantitative estimate of drug-likeness (QED) is 0.283. The van der Waals surface area contributed by atoms with Gasteiger partial charge in [0.25, 0.3) is 0 Å². The van der Waals surface area contributed by atoms with Gasteiger partial charge < -0.3 is 20.1 Å². The molecule has 0 amide bonds. The van der Waals surface area contributed by atoms with Gasteiger partial charge in [0.05, 0.1) is 24.7 Å². The monoisotopic (exact) mass is 481 g/mol. The van der Waals surface area contributed by atoms with E-state index in [0.717, 1.165) is 38.3 Å². The van der Waals surface area contributed by atoms with E-state index in [0.29, 0.717) is 36.6 Å². The second-order valence-electron chi connectivity index (χ2n) is 8.40. The fraction of sp³-hybridized carbons (Fsp3) is 0.391. The van der Waals surface area contributed by atoms with E-state index in [1.807, 2.05) is 0 Å². The van der Waals surface area contributed by atoms with Crippen LogP contribution in [0.4, 0.5) is 16.0 Å². The van der Waals surface area contributed by atoms with Crippen LogP contribution in [0.5, 0.6) is 0 Å². The molecule has 1 aliphatic heterocycles. The summed E-state index contributed by atoms with van der Waals surface area (Å²) in [5.74, 6) is -0.704. The van der Waals surface area contributed by atoms with Gasteiger partial charge in [-0.15, -0.1) is 5.10 Å². The summed E-state index contributed by atoms with van der Waals surface area (Å²) in [5.41, 5.74) is 9.40. The Hall–Kier alpha value is -3.61. The van der Waals surface area contributed by atoms with E-state index in [9.17, 15) is 4.39 Å². The molecule has 5 rings (SSSR count). The number of methoxy groups -OCH3 is 1. The number of halogens is 1. The largest absolute Gasteiger partial charge is 0.369 e. The van der Waals surface area contributed by atoms with Gasteiger partial charge in [0, 0.05) is 45.5 Å². The Kier molecular flexibility index (Phi) is 6.57. The average molecular weight is 482 g/mol. The summed E-state index contributed by atoms with van der Waals surface area (Å²) in [5, 5.41) is 9.16. The van der Waals surface area contributed by atoms with Gasteiger partial charge in [-0.3, -0.25) is 4.90 Å². The smallest absolute Gasteiger partial charge is 0.225 e. The highest BCUT2D eigenvalue weighted by molar-refractivity contribution is 5.90. The maximum atomic E-state index is 13.5. The molecule has 2 N–H and O–H groups in total. The van der Waals surface area contributed by atoms with Crippen molar-refractivity contribution in [3.63, 3.8) is 0 Å². The predicted molar refractivity (Wildman–Crippen MR) is 130 cm³/mol. The fourth-order valence-corrected chi connectivity index (χ4v) is 4.25. The summed E-state index contributed by atoms with van der Waals surface area (Å²) in [6, 6.07) is 8.47. The molecule has 1 saturated heterocycles. The van der Waals surface area contributed by atoms with E-state index in [2.05, 4.69) is 60.8 Å². The number of anilines is 2. The van der Waals surface area contributed by atoms with Crippen molar-refractivity contribution in [3.05, 3.63) is 48.4 Å². The highest BCUT2D eigenvalue weighted by Gasteiger charge is 2.19. The van der Waals surface area contributed by atoms with Crippen LogP contribution >= 0.6 is 0 Å². The van der Waals surface area contributed by atoms with E-state index in [1.54, 1.807) is 18.0 Å². The van der Waals surface area contributed by atoms with Crippen molar-refractivity contribution in [2.24, 2.45) is 0 Å². The lowest BCUT2D eigenvalue weighted by molar-refractivity contribution is -0.0390. The zero-order chi connectivity index (χ0) is 24.4. The van der Waals surface area contributed by atoms with Gasteiger partial charge in [-0.25, -0.2) is 14.1 Å². The first-order chi connectivity index (χ1) is 17.0. The van der Waals surface area contributed by atoms with Crippen LogP contribution in [0.25, 0.3) is 22.5 Å². The molecule has 12 heteroatoms. The molecule has 1 fully saturated rings. The lowest BCUT2D eigenvalue weighted by atomic mass is 10.2. The highest BCUT2D eigenvalue weighted by Crippen LogP contribution is 2.22. The van der Waals surface area contributed by atoms with Crippen LogP contribution in [-0.4, -0.2) is 80.9 Å². The lowest BCUT2D eigenvalue weighted by Crippen LogP contribution is -2.47. The molecule has 0 bridgehead atoms. The standard InChI is InChI=1S/C23H28FN9O2/c1-16(24)20-27-22-19-13-26-32(21(19)28-23(25)33(22)29-20)12-9-30-7-10-31(11-8-30)18-5-3-17(4-6-18)14-35-15-34-2/h3-6,13H,1,7-12,14-15H2,2H3,(H2,25,28). The Bertz CT molecular complexity index is 1330. The van der Waals surface area contributed by atoms with Gasteiger partial charge in [0.15, 0.2) is 17.1 Å². The number of benzene rings is 1. The zero-order valence-corrected chi connectivity index (χ0v) is 19.6. The molecule has 4 heterocycles. The minimum absolute atomic E-state index is 0.106. The molecule has 4 aromatic rings. The Balaban J connectivity index is 1.19. The third-order valence-electron chi connectivity index (χ3n) is 6.11. The van der Waals surface area contributed by atoms with Crippen LogP contribution in [0, 0.1) is 0 Å². The summed E-state index contributed by atoms with van der Waals surface area (Å²) in [6.45, 7) is 9.35. The molecular formula is C23H28FN9O2. The maximum Gasteiger partial charge on any atom is 0.225 e. The molecule has 11 nitrogen and oxygen atoms in total. The predicted octanol–water partition coefficient (Wildman–Crippen LogP) is 1.94. The zero-order valence-electron chi connectivity index (χ0n) is 19.6. The third kappa shape index (κ3) is 4.81. The fourth-order valence-electron chi connectivity index (χ4n) is 4.25. The van der Waals surface area contributed by atoms with Crippen LogP contribution in [0.1, 0.15) is 11.4 Å². The molecule has 0 spiro atoms. The van der Waals surface area contributed by atoms with E-state index in [4.69, 9.17) is 15.2 Å². The topological polar surface area (TPSA) is 112 Å². The van der Waals surface area contributed by atoms with Gasteiger partial charge in [-0.05, 0) is 17.7 Å². The first-order valence-electron chi connectivity index (χ1n) is 11.4. The van der Waals surface area contributed by atoms with E-state index < -0.39 is 5.83 Å². The first-order valence-corrected chi connectivity index (χ1v) is 11.4. The van der Waals surface area contributed by atoms with E-state index in [1.165, 1.54) is 10.2 Å². The van der Waals surface area contributed by atoms with Crippen molar-refractivity contribution in [3.8, 4) is 0 Å². The number of nitrogen functional groups attached to an aromatic ring is 1. The second-order valence-corrected chi connectivity index (χ2v) is 8.40. The van der Waals surface area contributed by atoms with Crippen molar-refractivity contribution in [2.45, 2.75) is 13.2 Å². The van der Waals surface area contributed by atoms with Gasteiger partial charge in [0.2, 0.25) is 11.8 Å². The Morgan fingerprint density at radius 2 is 1.86 bits per heavy atom. The average Bonchev–Trinajstić information content (AvgIpc) is 3.49. The summed E-state index contributed by atoms with van der Waals surface area (Å²) in [4.78, 5) is 13.4. The molecule has 1 aliphatic rings. The van der Waals surface area contributed by atoms with Gasteiger partial charge in [-0.1, -0.05) is 18.7 Å². The number of ether oxygens (including phenoxy) is 2. The summed E-state index contributed by atoms with van der Waals surface area (Å²) < 4.78 is 27.0. The van der Waals surface area contributed by atoms with Crippen molar-refractivity contribution in [1.82, 2.24) is 34.3 Å². The van der Waals surface area contributed by atoms with Gasteiger partial charge >= 0.3 is 0 Å². The molecule has 0 atom stereocenters. The van der Waals surface area contributed by atoms with Crippen LogP contribution in [0.3, 0.4) is 0 Å². The van der Waals surface area contributed by atoms with Crippen LogP contribution < -0.4 is 10.6 Å². The number of nitrogens with zero attached hydrogens (tertiary/aromatic N) is 8. The lowest BCUT2D eigenvalue weighted by Gasteiger charge is -2.36. The number of nitrogens with two attached hydrogens (primary N) is 1. The minimum Gasteiger partial charge on any atom is -0.369 e. The Morgan fingerprint density at radius 3 is 2.57 bits per heavy atom. The Labute approximate surface area is 201 Å². The Morgan fingerprint density at radius 1 is 1.09 bits per heavy atom. The molecule has 0 unspecified atom stereocenters. The van der Waals surface area contributed by atoms with Crippen molar-refractivity contribution in [1.29, 1.82) is 0 Å². The molecule has 35 heavy (non-hydrogen) atoms. The SMILES string of the molecule is C=C(F)c1nc2c3cnn(CCN4CCN(c5ccc(COCOC)cc5)CC4)c3nc(N)n2n1. The summed E-state index contributed by atoms with van der Waals surface area (Å²) >= 11 is 0. The summed E-state index contributed by atoms with van der Waals surface area (Å²) in [7, 11) is 1.62. The van der Waals surface area contributed by atoms with Crippen LogP contribution in [0.15, 0.2) is 37.0 Å². The van der Waals surface area contributed by atoms with Crippen LogP contribution in [-0.2, 0) is 22.6 Å². The number of piperazine rings is 1. The van der Waals surface area contributed by atoms with E-state index in [-0.39, 0.29) is 11.8 Å². The maximum absolute atomic E-state index is 13.5. The molecule has 1 aromatic carbocycles. The molecule has 0 radical (unpaired) electrons. The number of rotatable bonds is 9. The summed E-state index contributed by atoms with van der Waals surface area (Å²) in [6.07, 6.45) is 1.67. The number of aromatic nitrogens is 6.